The van der Waals surface area contributed by atoms with Crippen LogP contribution in [0.25, 0.3) is 11.0 Å². The fraction of sp³-hybridized carbons (Fsp3) is 0.333. The van der Waals surface area contributed by atoms with Crippen molar-refractivity contribution in [3.05, 3.63) is 36.2 Å². The summed E-state index contributed by atoms with van der Waals surface area (Å²) in [6, 6.07) is 7.76. The van der Waals surface area contributed by atoms with Crippen molar-refractivity contribution in [3.63, 3.8) is 0 Å². The van der Waals surface area contributed by atoms with Crippen molar-refractivity contribution in [1.29, 1.82) is 0 Å². The molecule has 82 valence electrons. The normalized spacial score (nSPS) is 18.3. The quantitative estimate of drug-likeness (QED) is 0.766. The minimum atomic E-state index is -0.628. The predicted molar refractivity (Wildman–Crippen MR) is 61.1 cm³/mol. The predicted octanol–water partition coefficient (Wildman–Crippen LogP) is 0.507. The van der Waals surface area contributed by atoms with Gasteiger partial charge in [-0.1, -0.05) is 12.1 Å². The molecule has 0 atom stereocenters. The third-order valence-corrected chi connectivity index (χ3v) is 2.92. The van der Waals surface area contributed by atoms with Gasteiger partial charge in [0, 0.05) is 25.7 Å². The first-order valence-corrected chi connectivity index (χ1v) is 5.39. The van der Waals surface area contributed by atoms with Gasteiger partial charge in [0.05, 0.1) is 22.3 Å². The number of nitrogens with one attached hydrogen (secondary N) is 1. The lowest BCUT2D eigenvalue weighted by Crippen LogP contribution is -2.60. The molecule has 0 bridgehead atoms. The van der Waals surface area contributed by atoms with E-state index in [1.807, 2.05) is 24.3 Å². The molecule has 1 aromatic carbocycles. The van der Waals surface area contributed by atoms with E-state index in [0.717, 1.165) is 16.7 Å². The number of benzene rings is 1. The Balaban J connectivity index is 1.93. The number of aromatic nitrogens is 2. The van der Waals surface area contributed by atoms with Gasteiger partial charge in [-0.05, 0) is 12.1 Å². The molecule has 1 aliphatic heterocycles. The average molecular weight is 215 g/mol. The maximum absolute atomic E-state index is 10.0. The molecule has 2 heterocycles. The maximum atomic E-state index is 10.0. The Morgan fingerprint density at radius 3 is 2.69 bits per heavy atom. The Bertz CT molecular complexity index is 522. The fourth-order valence-electron chi connectivity index (χ4n) is 1.96. The van der Waals surface area contributed by atoms with Gasteiger partial charge in [0.25, 0.3) is 0 Å². The van der Waals surface area contributed by atoms with Crippen molar-refractivity contribution in [2.75, 3.05) is 13.1 Å². The lowest BCUT2D eigenvalue weighted by Gasteiger charge is -2.37. The molecule has 1 aliphatic rings. The minimum Gasteiger partial charge on any atom is -0.387 e. The highest BCUT2D eigenvalue weighted by Crippen LogP contribution is 2.17. The summed E-state index contributed by atoms with van der Waals surface area (Å²) in [7, 11) is 0. The molecule has 2 aromatic rings. The Labute approximate surface area is 93.4 Å². The largest absolute Gasteiger partial charge is 0.387 e. The number of hydrogen-bond donors (Lipinski definition) is 2. The van der Waals surface area contributed by atoms with E-state index in [-0.39, 0.29) is 0 Å². The summed E-state index contributed by atoms with van der Waals surface area (Å²) >= 11 is 0. The molecular formula is C12H13N3O. The first-order chi connectivity index (χ1) is 7.75. The Kier molecular flexibility index (Phi) is 2.12. The molecule has 1 aromatic heterocycles. The summed E-state index contributed by atoms with van der Waals surface area (Å²) in [5, 5.41) is 13.1. The van der Waals surface area contributed by atoms with E-state index < -0.39 is 5.60 Å². The zero-order valence-electron chi connectivity index (χ0n) is 8.85. The number of para-hydroxylation sites is 2. The van der Waals surface area contributed by atoms with Crippen molar-refractivity contribution in [3.8, 4) is 0 Å². The standard InChI is InChI=1S/C12H13N3O/c16-12(7-13-8-12)5-9-6-14-10-3-1-2-4-11(10)15-9/h1-4,6,13,16H,5,7-8H2. The van der Waals surface area contributed by atoms with Gasteiger partial charge in [-0.25, -0.2) is 4.98 Å². The van der Waals surface area contributed by atoms with Crippen LogP contribution >= 0.6 is 0 Å². The zero-order chi connectivity index (χ0) is 11.0. The molecule has 16 heavy (non-hydrogen) atoms. The van der Waals surface area contributed by atoms with E-state index in [4.69, 9.17) is 0 Å². The molecule has 0 unspecified atom stereocenters. The van der Waals surface area contributed by atoms with E-state index in [2.05, 4.69) is 15.3 Å². The molecular weight excluding hydrogens is 202 g/mol. The summed E-state index contributed by atoms with van der Waals surface area (Å²) in [6.07, 6.45) is 2.32. The molecule has 2 N–H and O–H groups in total. The van der Waals surface area contributed by atoms with Crippen LogP contribution in [0.1, 0.15) is 5.69 Å². The third kappa shape index (κ3) is 1.66. The first kappa shape index (κ1) is 9.69. The first-order valence-electron chi connectivity index (χ1n) is 5.39. The van der Waals surface area contributed by atoms with E-state index >= 15 is 0 Å². The van der Waals surface area contributed by atoms with Crippen molar-refractivity contribution >= 4 is 11.0 Å². The maximum Gasteiger partial charge on any atom is 0.0950 e. The molecule has 4 nitrogen and oxygen atoms in total. The zero-order valence-corrected chi connectivity index (χ0v) is 8.85. The van der Waals surface area contributed by atoms with E-state index in [1.165, 1.54) is 0 Å². The molecule has 4 heteroatoms. The molecule has 0 radical (unpaired) electrons. The molecule has 0 amide bonds. The number of fused-ring (bicyclic) bond motifs is 1. The van der Waals surface area contributed by atoms with Gasteiger partial charge >= 0.3 is 0 Å². The van der Waals surface area contributed by atoms with Gasteiger partial charge in [-0.15, -0.1) is 0 Å². The van der Waals surface area contributed by atoms with Gasteiger partial charge in [-0.2, -0.15) is 0 Å². The topological polar surface area (TPSA) is 58.0 Å². The van der Waals surface area contributed by atoms with Gasteiger partial charge in [-0.3, -0.25) is 4.98 Å². The summed E-state index contributed by atoms with van der Waals surface area (Å²) in [5.74, 6) is 0. The monoisotopic (exact) mass is 215 g/mol. The minimum absolute atomic E-state index is 0.567. The number of aliphatic hydroxyl groups is 1. The summed E-state index contributed by atoms with van der Waals surface area (Å²) in [5.41, 5.74) is 2.00. The lowest BCUT2D eigenvalue weighted by molar-refractivity contribution is -0.00981. The van der Waals surface area contributed by atoms with Crippen molar-refractivity contribution in [2.45, 2.75) is 12.0 Å². The second-order valence-corrected chi connectivity index (χ2v) is 4.35. The summed E-state index contributed by atoms with van der Waals surface area (Å²) in [6.45, 7) is 1.28. The van der Waals surface area contributed by atoms with Crippen LogP contribution in [0.2, 0.25) is 0 Å². The van der Waals surface area contributed by atoms with Crippen molar-refractivity contribution in [1.82, 2.24) is 15.3 Å². The Hall–Kier alpha value is -1.52. The smallest absolute Gasteiger partial charge is 0.0950 e. The van der Waals surface area contributed by atoms with Crippen LogP contribution in [-0.4, -0.2) is 33.8 Å². The number of rotatable bonds is 2. The molecule has 3 rings (SSSR count). The summed E-state index contributed by atoms with van der Waals surface area (Å²) < 4.78 is 0. The SMILES string of the molecule is OC1(Cc2cnc3ccccc3n2)CNC1. The summed E-state index contributed by atoms with van der Waals surface area (Å²) in [4.78, 5) is 8.82. The van der Waals surface area contributed by atoms with Crippen LogP contribution in [0, 0.1) is 0 Å². The van der Waals surface area contributed by atoms with Crippen LogP contribution in [0.3, 0.4) is 0 Å². The van der Waals surface area contributed by atoms with Gasteiger partial charge in [0.2, 0.25) is 0 Å². The highest BCUT2D eigenvalue weighted by molar-refractivity contribution is 5.73. The molecule has 1 fully saturated rings. The Morgan fingerprint density at radius 2 is 2.00 bits per heavy atom. The number of β-amino-alcohol motifs (C(OH)–C–C–N with tert-alkyl or cyclic N) is 1. The molecule has 0 aliphatic carbocycles. The van der Waals surface area contributed by atoms with E-state index in [0.29, 0.717) is 19.5 Å². The van der Waals surface area contributed by atoms with E-state index in [9.17, 15) is 5.11 Å². The second-order valence-electron chi connectivity index (χ2n) is 4.35. The number of hydrogen-bond acceptors (Lipinski definition) is 4. The fourth-order valence-corrected chi connectivity index (χ4v) is 1.96. The number of nitrogens with zero attached hydrogens (tertiary/aromatic N) is 2. The molecule has 0 spiro atoms. The third-order valence-electron chi connectivity index (χ3n) is 2.92. The second kappa shape index (κ2) is 3.50. The van der Waals surface area contributed by atoms with Gasteiger partial charge < -0.3 is 10.4 Å². The highest BCUT2D eigenvalue weighted by atomic mass is 16.3. The molecule has 0 saturated carbocycles. The van der Waals surface area contributed by atoms with Crippen LogP contribution in [0.15, 0.2) is 30.5 Å². The molecule has 1 saturated heterocycles. The van der Waals surface area contributed by atoms with Crippen LogP contribution in [0.4, 0.5) is 0 Å². The van der Waals surface area contributed by atoms with Crippen LogP contribution in [-0.2, 0) is 6.42 Å². The average Bonchev–Trinajstić information content (AvgIpc) is 2.27. The van der Waals surface area contributed by atoms with E-state index in [1.54, 1.807) is 6.20 Å². The van der Waals surface area contributed by atoms with Gasteiger partial charge in [0.15, 0.2) is 0 Å². The lowest BCUT2D eigenvalue weighted by atomic mass is 9.92. The van der Waals surface area contributed by atoms with Crippen molar-refractivity contribution < 1.29 is 5.11 Å². The van der Waals surface area contributed by atoms with Crippen LogP contribution < -0.4 is 5.32 Å². The highest BCUT2D eigenvalue weighted by Gasteiger charge is 2.34. The Morgan fingerprint density at radius 1 is 1.25 bits per heavy atom. The van der Waals surface area contributed by atoms with Crippen molar-refractivity contribution in [2.24, 2.45) is 0 Å². The van der Waals surface area contributed by atoms with Crippen LogP contribution in [0.5, 0.6) is 0 Å². The van der Waals surface area contributed by atoms with Gasteiger partial charge in [0.1, 0.15) is 0 Å².